The number of alkyl halides is 3. The Kier molecular flexibility index (Phi) is 6.36. The maximum Gasteiger partial charge on any atom is 0.418 e. The zero-order chi connectivity index (χ0) is 26.4. The molecule has 0 aliphatic carbocycles. The zero-order valence-electron chi connectivity index (χ0n) is 20.6. The van der Waals surface area contributed by atoms with E-state index in [9.17, 15) is 13.2 Å². The molecule has 6 heterocycles. The summed E-state index contributed by atoms with van der Waals surface area (Å²) in [5.74, 6) is 1.33. The highest BCUT2D eigenvalue weighted by Crippen LogP contribution is 2.41. The molecule has 13 heteroatoms. The number of hydrogen-bond donors (Lipinski definition) is 2. The van der Waals surface area contributed by atoms with Crippen LogP contribution in [0.5, 0.6) is 0 Å². The number of amidine groups is 1. The van der Waals surface area contributed by atoms with Crippen molar-refractivity contribution in [1.82, 2.24) is 9.97 Å². The van der Waals surface area contributed by atoms with E-state index >= 15 is 0 Å². The molecule has 38 heavy (non-hydrogen) atoms. The van der Waals surface area contributed by atoms with Crippen LogP contribution >= 0.6 is 0 Å². The van der Waals surface area contributed by atoms with Crippen molar-refractivity contribution in [3.8, 4) is 0 Å². The molecule has 6 rings (SSSR count). The van der Waals surface area contributed by atoms with Crippen LogP contribution in [0.15, 0.2) is 41.7 Å². The van der Waals surface area contributed by atoms with E-state index in [1.54, 1.807) is 17.2 Å². The first kappa shape index (κ1) is 24.9. The second kappa shape index (κ2) is 9.71. The normalized spacial score (nSPS) is 25.9. The smallest absolute Gasteiger partial charge is 0.386 e. The summed E-state index contributed by atoms with van der Waals surface area (Å²) in [6.07, 6.45) is -1.79. The molecule has 3 saturated heterocycles. The third-order valence-corrected chi connectivity index (χ3v) is 7.44. The standard InChI is InChI=1S/C25H29F3N8O2/c26-25(27,28)16-3-4-21(34-6-8-37-9-7-34)33-23(16)18-10-32-20(29)13-36(18)24-17(2-1-5-31-24)35-11-15-14-38-19(12-35)22(15)30/h1-5,10,15,19,22H,6-9,11-14,30H2,(H2,29,32)/t15-,19-,22+/m1/s1. The average Bonchev–Trinajstić information content (AvgIpc) is 3.11. The van der Waals surface area contributed by atoms with Gasteiger partial charge in [0, 0.05) is 44.3 Å². The summed E-state index contributed by atoms with van der Waals surface area (Å²) < 4.78 is 54.0. The van der Waals surface area contributed by atoms with Crippen LogP contribution in [0.25, 0.3) is 5.70 Å². The van der Waals surface area contributed by atoms with Gasteiger partial charge in [0.25, 0.3) is 0 Å². The van der Waals surface area contributed by atoms with Crippen molar-refractivity contribution in [3.63, 3.8) is 0 Å². The monoisotopic (exact) mass is 530 g/mol. The number of morpholine rings is 1. The van der Waals surface area contributed by atoms with Gasteiger partial charge in [-0.2, -0.15) is 13.2 Å². The van der Waals surface area contributed by atoms with Crippen LogP contribution in [0.4, 0.5) is 30.5 Å². The van der Waals surface area contributed by atoms with Crippen molar-refractivity contribution >= 4 is 28.9 Å². The lowest BCUT2D eigenvalue weighted by Gasteiger charge is -2.38. The van der Waals surface area contributed by atoms with E-state index < -0.39 is 11.7 Å². The number of anilines is 3. The van der Waals surface area contributed by atoms with Gasteiger partial charge in [-0.3, -0.25) is 0 Å². The number of aromatic nitrogens is 2. The number of aliphatic imine (C=N–C) groups is 1. The van der Waals surface area contributed by atoms with Crippen molar-refractivity contribution in [3.05, 3.63) is 47.9 Å². The number of ether oxygens (including phenoxy) is 2. The van der Waals surface area contributed by atoms with Crippen molar-refractivity contribution in [2.75, 3.05) is 67.2 Å². The van der Waals surface area contributed by atoms with E-state index in [0.717, 1.165) is 11.8 Å². The molecule has 0 spiro atoms. The minimum atomic E-state index is -4.63. The Hall–Kier alpha value is -3.42. The van der Waals surface area contributed by atoms with Crippen LogP contribution < -0.4 is 26.2 Å². The molecule has 4 N–H and O–H groups in total. The average molecular weight is 531 g/mol. The fourth-order valence-electron chi connectivity index (χ4n) is 5.46. The molecular weight excluding hydrogens is 501 g/mol. The van der Waals surface area contributed by atoms with Crippen molar-refractivity contribution in [1.29, 1.82) is 0 Å². The summed E-state index contributed by atoms with van der Waals surface area (Å²) in [5.41, 5.74) is 12.3. The SMILES string of the molecule is NC1=NC=C(c2nc(N3CCOCC3)ccc2C(F)(F)F)N(c2ncccc2N2C[C@@H]3CO[C@H](C2)[C@H]3N)C1. The predicted octanol–water partition coefficient (Wildman–Crippen LogP) is 1.67. The topological polar surface area (TPSA) is 118 Å². The highest BCUT2D eigenvalue weighted by atomic mass is 19.4. The maximum absolute atomic E-state index is 14.3. The number of rotatable bonds is 4. The van der Waals surface area contributed by atoms with E-state index in [-0.39, 0.29) is 41.8 Å². The quantitative estimate of drug-likeness (QED) is 0.609. The second-order valence-corrected chi connectivity index (χ2v) is 9.84. The molecule has 202 valence electrons. The number of nitrogens with zero attached hydrogens (tertiary/aromatic N) is 6. The number of piperidine rings is 1. The Balaban J connectivity index is 1.43. The molecule has 2 aromatic rings. The first-order valence-corrected chi connectivity index (χ1v) is 12.6. The molecule has 0 aromatic carbocycles. The molecular formula is C25H29F3N8O2. The molecule has 0 saturated carbocycles. The van der Waals surface area contributed by atoms with Gasteiger partial charge in [0.05, 0.1) is 55.6 Å². The molecule has 0 amide bonds. The van der Waals surface area contributed by atoms with E-state index in [2.05, 4.69) is 19.9 Å². The summed E-state index contributed by atoms with van der Waals surface area (Å²) in [6, 6.07) is 6.15. The Morgan fingerprint density at radius 1 is 1.05 bits per heavy atom. The van der Waals surface area contributed by atoms with Crippen LogP contribution in [0.2, 0.25) is 0 Å². The van der Waals surface area contributed by atoms with Crippen LogP contribution in [-0.2, 0) is 15.7 Å². The Morgan fingerprint density at radius 3 is 2.63 bits per heavy atom. The minimum absolute atomic E-state index is 0.0407. The first-order chi connectivity index (χ1) is 18.3. The van der Waals surface area contributed by atoms with Gasteiger partial charge in [0.2, 0.25) is 0 Å². The van der Waals surface area contributed by atoms with E-state index in [4.69, 9.17) is 20.9 Å². The lowest BCUT2D eigenvalue weighted by atomic mass is 9.94. The molecule has 2 bridgehead atoms. The van der Waals surface area contributed by atoms with Gasteiger partial charge in [-0.1, -0.05) is 0 Å². The molecule has 3 atom stereocenters. The minimum Gasteiger partial charge on any atom is -0.386 e. The Labute approximate surface area is 217 Å². The number of halogens is 3. The Bertz CT molecular complexity index is 1250. The van der Waals surface area contributed by atoms with Crippen LogP contribution in [0.3, 0.4) is 0 Å². The first-order valence-electron chi connectivity index (χ1n) is 12.6. The molecule has 10 nitrogen and oxygen atoms in total. The van der Waals surface area contributed by atoms with Crippen LogP contribution in [0.1, 0.15) is 11.3 Å². The van der Waals surface area contributed by atoms with Gasteiger partial charge in [-0.05, 0) is 24.3 Å². The highest BCUT2D eigenvalue weighted by Gasteiger charge is 2.43. The number of hydrogen-bond acceptors (Lipinski definition) is 10. The summed E-state index contributed by atoms with van der Waals surface area (Å²) in [4.78, 5) is 19.0. The fraction of sp³-hybridized carbons (Fsp3) is 0.480. The van der Waals surface area contributed by atoms with Crippen LogP contribution in [0, 0.1) is 5.92 Å². The largest absolute Gasteiger partial charge is 0.418 e. The van der Waals surface area contributed by atoms with Crippen LogP contribution in [-0.4, -0.2) is 80.5 Å². The lowest BCUT2D eigenvalue weighted by molar-refractivity contribution is -0.138. The van der Waals surface area contributed by atoms with E-state index in [0.29, 0.717) is 57.6 Å². The highest BCUT2D eigenvalue weighted by molar-refractivity contribution is 5.96. The second-order valence-electron chi connectivity index (χ2n) is 9.84. The molecule has 0 unspecified atom stereocenters. The van der Waals surface area contributed by atoms with Gasteiger partial charge in [0.15, 0.2) is 5.82 Å². The maximum atomic E-state index is 14.3. The molecule has 0 radical (unpaired) electrons. The number of pyridine rings is 2. The van der Waals surface area contributed by atoms with Gasteiger partial charge >= 0.3 is 6.18 Å². The third-order valence-electron chi connectivity index (χ3n) is 7.44. The van der Waals surface area contributed by atoms with Crippen molar-refractivity contribution < 1.29 is 22.6 Å². The van der Waals surface area contributed by atoms with Crippen molar-refractivity contribution in [2.45, 2.75) is 18.3 Å². The van der Waals surface area contributed by atoms with Gasteiger partial charge < -0.3 is 35.6 Å². The number of fused-ring (bicyclic) bond motifs is 2. The molecule has 4 aliphatic heterocycles. The van der Waals surface area contributed by atoms with Crippen molar-refractivity contribution in [2.24, 2.45) is 22.4 Å². The zero-order valence-corrected chi connectivity index (χ0v) is 20.6. The summed E-state index contributed by atoms with van der Waals surface area (Å²) >= 11 is 0. The predicted molar refractivity (Wildman–Crippen MR) is 137 cm³/mol. The molecule has 4 aliphatic rings. The summed E-state index contributed by atoms with van der Waals surface area (Å²) in [6.45, 7) is 3.91. The lowest BCUT2D eigenvalue weighted by Crippen LogP contribution is -2.52. The summed E-state index contributed by atoms with van der Waals surface area (Å²) in [5, 5.41) is 0. The summed E-state index contributed by atoms with van der Waals surface area (Å²) in [7, 11) is 0. The Morgan fingerprint density at radius 2 is 1.87 bits per heavy atom. The fourth-order valence-corrected chi connectivity index (χ4v) is 5.46. The molecule has 2 aromatic heterocycles. The van der Waals surface area contributed by atoms with Gasteiger partial charge in [-0.15, -0.1) is 0 Å². The van der Waals surface area contributed by atoms with E-state index in [1.807, 2.05) is 11.0 Å². The van der Waals surface area contributed by atoms with Gasteiger partial charge in [0.1, 0.15) is 17.3 Å². The van der Waals surface area contributed by atoms with Gasteiger partial charge in [-0.25, -0.2) is 15.0 Å². The molecule has 3 fully saturated rings. The third kappa shape index (κ3) is 4.54. The van der Waals surface area contributed by atoms with E-state index in [1.165, 1.54) is 12.3 Å². The number of nitrogens with two attached hydrogens (primary N) is 2.